The maximum Gasteiger partial charge on any atom is 0.0254 e. The van der Waals surface area contributed by atoms with Crippen LogP contribution in [-0.2, 0) is 13.0 Å². The Morgan fingerprint density at radius 1 is 1.16 bits per heavy atom. The molecule has 1 aliphatic rings. The topological polar surface area (TPSA) is 32.5 Å². The van der Waals surface area contributed by atoms with Gasteiger partial charge in [0.2, 0.25) is 0 Å². The largest absolute Gasteiger partial charge is 0.330 e. The van der Waals surface area contributed by atoms with Crippen molar-refractivity contribution in [1.29, 1.82) is 0 Å². The molecule has 19 heavy (non-hydrogen) atoms. The highest BCUT2D eigenvalue weighted by atomic mass is 15.2. The van der Waals surface area contributed by atoms with E-state index in [0.29, 0.717) is 6.04 Å². The summed E-state index contributed by atoms with van der Waals surface area (Å²) in [5, 5.41) is 0. The van der Waals surface area contributed by atoms with Crippen molar-refractivity contribution in [2.24, 2.45) is 11.7 Å². The van der Waals surface area contributed by atoms with E-state index in [1.165, 1.54) is 24.2 Å². The van der Waals surface area contributed by atoms with Crippen molar-refractivity contribution in [2.45, 2.75) is 25.9 Å². The van der Waals surface area contributed by atoms with Gasteiger partial charge < -0.3 is 10.6 Å². The molecule has 3 nitrogen and oxygen atoms in total. The van der Waals surface area contributed by atoms with E-state index in [-0.39, 0.29) is 0 Å². The van der Waals surface area contributed by atoms with E-state index in [1.807, 2.05) is 0 Å². The Labute approximate surface area is 117 Å². The molecule has 2 N–H and O–H groups in total. The van der Waals surface area contributed by atoms with E-state index in [9.17, 15) is 0 Å². The highest BCUT2D eigenvalue weighted by molar-refractivity contribution is 5.23. The van der Waals surface area contributed by atoms with Gasteiger partial charge in [-0.2, -0.15) is 0 Å². The van der Waals surface area contributed by atoms with Gasteiger partial charge in [0.15, 0.2) is 0 Å². The van der Waals surface area contributed by atoms with Crippen molar-refractivity contribution in [1.82, 2.24) is 9.80 Å². The molecule has 2 unspecified atom stereocenters. The zero-order chi connectivity index (χ0) is 13.8. The fourth-order valence-corrected chi connectivity index (χ4v) is 3.09. The summed E-state index contributed by atoms with van der Waals surface area (Å²) in [6, 6.07) is 9.62. The van der Waals surface area contributed by atoms with Crippen molar-refractivity contribution in [2.75, 3.05) is 33.7 Å². The third-order valence-corrected chi connectivity index (χ3v) is 4.17. The Kier molecular flexibility index (Phi) is 4.97. The zero-order valence-corrected chi connectivity index (χ0v) is 12.5. The molecule has 1 heterocycles. The number of rotatable bonds is 5. The SMILES string of the molecule is CC1CN(Cc2ccc(CCN)cc2)CC1N(C)C. The van der Waals surface area contributed by atoms with Gasteiger partial charge in [-0.25, -0.2) is 0 Å². The van der Waals surface area contributed by atoms with Crippen molar-refractivity contribution < 1.29 is 0 Å². The average molecular weight is 261 g/mol. The van der Waals surface area contributed by atoms with Gasteiger partial charge in [0.05, 0.1) is 0 Å². The molecule has 1 saturated heterocycles. The van der Waals surface area contributed by atoms with Gasteiger partial charge in [-0.05, 0) is 44.1 Å². The Morgan fingerprint density at radius 3 is 2.32 bits per heavy atom. The maximum absolute atomic E-state index is 5.58. The lowest BCUT2D eigenvalue weighted by Crippen LogP contribution is -2.34. The Bertz CT molecular complexity index is 385. The second kappa shape index (κ2) is 6.51. The molecule has 0 amide bonds. The lowest BCUT2D eigenvalue weighted by Gasteiger charge is -2.22. The molecule has 0 aliphatic carbocycles. The molecule has 0 spiro atoms. The summed E-state index contributed by atoms with van der Waals surface area (Å²) in [7, 11) is 4.37. The lowest BCUT2D eigenvalue weighted by molar-refractivity contribution is 0.250. The van der Waals surface area contributed by atoms with E-state index in [4.69, 9.17) is 5.73 Å². The molecule has 1 aromatic carbocycles. The molecule has 3 heteroatoms. The van der Waals surface area contributed by atoms with E-state index in [0.717, 1.165) is 25.4 Å². The monoisotopic (exact) mass is 261 g/mol. The van der Waals surface area contributed by atoms with Crippen LogP contribution in [0.1, 0.15) is 18.1 Å². The number of nitrogens with two attached hydrogens (primary N) is 1. The molecule has 1 aromatic rings. The molecule has 1 aliphatic heterocycles. The summed E-state index contributed by atoms with van der Waals surface area (Å²) in [6.45, 7) is 6.53. The summed E-state index contributed by atoms with van der Waals surface area (Å²) in [5.41, 5.74) is 8.33. The second-order valence-electron chi connectivity index (χ2n) is 6.06. The van der Waals surface area contributed by atoms with Gasteiger partial charge in [-0.3, -0.25) is 4.90 Å². The van der Waals surface area contributed by atoms with Crippen molar-refractivity contribution in [3.8, 4) is 0 Å². The molecule has 1 fully saturated rings. The molecule has 0 radical (unpaired) electrons. The third-order valence-electron chi connectivity index (χ3n) is 4.17. The molecule has 0 saturated carbocycles. The molecule has 2 atom stereocenters. The predicted octanol–water partition coefficient (Wildman–Crippen LogP) is 1.57. The first kappa shape index (κ1) is 14.5. The van der Waals surface area contributed by atoms with Gasteiger partial charge in [-0.1, -0.05) is 31.2 Å². The Balaban J connectivity index is 1.91. The van der Waals surface area contributed by atoms with Crippen LogP contribution >= 0.6 is 0 Å². The Hall–Kier alpha value is -0.900. The molecular formula is C16H27N3. The van der Waals surface area contributed by atoms with Crippen LogP contribution in [0.5, 0.6) is 0 Å². The summed E-state index contributed by atoms with van der Waals surface area (Å²) in [4.78, 5) is 4.92. The fraction of sp³-hybridized carbons (Fsp3) is 0.625. The summed E-state index contributed by atoms with van der Waals surface area (Å²) in [6.07, 6.45) is 0.976. The van der Waals surface area contributed by atoms with Crippen LogP contribution in [0.15, 0.2) is 24.3 Å². The number of benzene rings is 1. The van der Waals surface area contributed by atoms with Gasteiger partial charge in [0.1, 0.15) is 0 Å². The van der Waals surface area contributed by atoms with Crippen molar-refractivity contribution in [3.63, 3.8) is 0 Å². The third kappa shape index (κ3) is 3.78. The normalized spacial score (nSPS) is 24.3. The van der Waals surface area contributed by atoms with Crippen LogP contribution in [-0.4, -0.2) is 49.6 Å². The second-order valence-corrected chi connectivity index (χ2v) is 6.06. The maximum atomic E-state index is 5.58. The first-order valence-corrected chi connectivity index (χ1v) is 7.27. The van der Waals surface area contributed by atoms with Crippen LogP contribution in [0.4, 0.5) is 0 Å². The zero-order valence-electron chi connectivity index (χ0n) is 12.5. The van der Waals surface area contributed by atoms with Gasteiger partial charge in [-0.15, -0.1) is 0 Å². The summed E-state index contributed by atoms with van der Waals surface area (Å²) >= 11 is 0. The molecule has 106 valence electrons. The van der Waals surface area contributed by atoms with E-state index in [1.54, 1.807) is 0 Å². The molecule has 0 bridgehead atoms. The summed E-state index contributed by atoms with van der Waals surface area (Å²) in [5.74, 6) is 0.756. The van der Waals surface area contributed by atoms with Crippen LogP contribution in [0.3, 0.4) is 0 Å². The van der Waals surface area contributed by atoms with E-state index in [2.05, 4.69) is 55.1 Å². The first-order valence-electron chi connectivity index (χ1n) is 7.27. The number of hydrogen-bond acceptors (Lipinski definition) is 3. The van der Waals surface area contributed by atoms with Gasteiger partial charge >= 0.3 is 0 Å². The van der Waals surface area contributed by atoms with Gasteiger partial charge in [0, 0.05) is 25.7 Å². The lowest BCUT2D eigenvalue weighted by atomic mass is 10.1. The highest BCUT2D eigenvalue weighted by Gasteiger charge is 2.30. The fourth-order valence-electron chi connectivity index (χ4n) is 3.09. The smallest absolute Gasteiger partial charge is 0.0254 e. The number of likely N-dealkylation sites (N-methyl/N-ethyl adjacent to an activating group) is 1. The molecular weight excluding hydrogens is 234 g/mol. The molecule has 2 rings (SSSR count). The standard InChI is InChI=1S/C16H27N3/c1-13-10-19(12-16(13)18(2)3)11-15-6-4-14(5-7-15)8-9-17/h4-7,13,16H,8-12,17H2,1-3H3. The van der Waals surface area contributed by atoms with Crippen LogP contribution in [0.25, 0.3) is 0 Å². The van der Waals surface area contributed by atoms with E-state index >= 15 is 0 Å². The van der Waals surface area contributed by atoms with Crippen LogP contribution in [0, 0.1) is 5.92 Å². The highest BCUT2D eigenvalue weighted by Crippen LogP contribution is 2.21. The minimum absolute atomic E-state index is 0.691. The van der Waals surface area contributed by atoms with Crippen LogP contribution < -0.4 is 5.73 Å². The molecule has 0 aromatic heterocycles. The number of nitrogens with zero attached hydrogens (tertiary/aromatic N) is 2. The van der Waals surface area contributed by atoms with Gasteiger partial charge in [0.25, 0.3) is 0 Å². The number of hydrogen-bond donors (Lipinski definition) is 1. The quantitative estimate of drug-likeness (QED) is 0.873. The minimum Gasteiger partial charge on any atom is -0.330 e. The van der Waals surface area contributed by atoms with E-state index < -0.39 is 0 Å². The Morgan fingerprint density at radius 2 is 1.79 bits per heavy atom. The van der Waals surface area contributed by atoms with Crippen molar-refractivity contribution in [3.05, 3.63) is 35.4 Å². The first-order chi connectivity index (χ1) is 9.10. The average Bonchev–Trinajstić information content (AvgIpc) is 2.73. The van der Waals surface area contributed by atoms with Crippen LogP contribution in [0.2, 0.25) is 0 Å². The summed E-state index contributed by atoms with van der Waals surface area (Å²) < 4.78 is 0. The predicted molar refractivity (Wildman–Crippen MR) is 81.1 cm³/mol. The minimum atomic E-state index is 0.691. The number of likely N-dealkylation sites (tertiary alicyclic amines) is 1. The van der Waals surface area contributed by atoms with Crippen molar-refractivity contribution >= 4 is 0 Å².